The highest BCUT2D eigenvalue weighted by atomic mass is 16.4. The number of hydrogen-bond donors (Lipinski definition) is 3. The van der Waals surface area contributed by atoms with E-state index in [1.807, 2.05) is 13.8 Å². The number of nitrogens with one attached hydrogen (secondary N) is 1. The smallest absolute Gasteiger partial charge is 0.326 e. The highest BCUT2D eigenvalue weighted by Crippen LogP contribution is 2.01. The van der Waals surface area contributed by atoms with Gasteiger partial charge in [0.15, 0.2) is 0 Å². The number of carboxylic acid groups (broad SMARTS) is 2. The van der Waals surface area contributed by atoms with E-state index in [4.69, 9.17) is 10.2 Å². The van der Waals surface area contributed by atoms with Crippen molar-refractivity contribution in [2.75, 3.05) is 13.6 Å². The Labute approximate surface area is 106 Å². The third kappa shape index (κ3) is 6.72. The van der Waals surface area contributed by atoms with E-state index in [2.05, 4.69) is 5.32 Å². The van der Waals surface area contributed by atoms with Crippen LogP contribution in [-0.4, -0.2) is 52.7 Å². The summed E-state index contributed by atoms with van der Waals surface area (Å²) in [5, 5.41) is 19.5. The topological polar surface area (TPSA) is 107 Å². The number of aliphatic carboxylic acids is 2. The number of carboxylic acids is 2. The molecule has 2 amide bonds. The van der Waals surface area contributed by atoms with Crippen LogP contribution in [0.4, 0.5) is 4.79 Å². The Morgan fingerprint density at radius 2 is 1.78 bits per heavy atom. The minimum Gasteiger partial charge on any atom is -0.481 e. The highest BCUT2D eigenvalue weighted by molar-refractivity contribution is 5.86. The van der Waals surface area contributed by atoms with Gasteiger partial charge in [0, 0.05) is 13.6 Å². The fraction of sp³-hybridized carbons (Fsp3) is 0.727. The quantitative estimate of drug-likeness (QED) is 0.621. The van der Waals surface area contributed by atoms with Crippen molar-refractivity contribution in [3.8, 4) is 0 Å². The van der Waals surface area contributed by atoms with Gasteiger partial charge >= 0.3 is 18.0 Å². The van der Waals surface area contributed by atoms with Crippen molar-refractivity contribution in [1.82, 2.24) is 10.2 Å². The van der Waals surface area contributed by atoms with Crippen LogP contribution in [0.3, 0.4) is 0 Å². The van der Waals surface area contributed by atoms with Gasteiger partial charge in [0.05, 0.1) is 6.42 Å². The number of carbonyl (C=O) groups is 3. The molecular formula is C11H20N2O5. The highest BCUT2D eigenvalue weighted by Gasteiger charge is 2.24. The summed E-state index contributed by atoms with van der Waals surface area (Å²) in [6.07, 6.45) is 0.152. The van der Waals surface area contributed by atoms with Crippen LogP contribution in [0.2, 0.25) is 0 Å². The van der Waals surface area contributed by atoms with Gasteiger partial charge in [0.1, 0.15) is 6.04 Å². The largest absolute Gasteiger partial charge is 0.481 e. The van der Waals surface area contributed by atoms with Crippen molar-refractivity contribution in [2.45, 2.75) is 32.7 Å². The Balaban J connectivity index is 4.32. The summed E-state index contributed by atoms with van der Waals surface area (Å²) in [5.41, 5.74) is 0. The molecule has 0 spiro atoms. The molecule has 0 bridgehead atoms. The summed E-state index contributed by atoms with van der Waals surface area (Å²) >= 11 is 0. The number of carbonyl (C=O) groups excluding carboxylic acids is 1. The van der Waals surface area contributed by atoms with Gasteiger partial charge < -0.3 is 20.4 Å². The zero-order valence-electron chi connectivity index (χ0n) is 10.8. The van der Waals surface area contributed by atoms with E-state index < -0.39 is 30.4 Å². The molecular weight excluding hydrogens is 240 g/mol. The van der Waals surface area contributed by atoms with E-state index in [-0.39, 0.29) is 0 Å². The molecule has 0 aliphatic carbocycles. The molecule has 1 atom stereocenters. The molecule has 0 aliphatic heterocycles. The molecule has 0 rings (SSSR count). The van der Waals surface area contributed by atoms with Gasteiger partial charge in [-0.25, -0.2) is 9.59 Å². The standard InChI is InChI=1S/C11H20N2O5/c1-7(2)4-5-13(3)11(18)12-8(10(16)17)6-9(14)15/h7-8H,4-6H2,1-3H3,(H,12,18)(H,14,15)(H,16,17)/t8-/m0/s1. The molecule has 0 heterocycles. The van der Waals surface area contributed by atoms with Crippen LogP contribution in [-0.2, 0) is 9.59 Å². The molecule has 0 unspecified atom stereocenters. The van der Waals surface area contributed by atoms with Gasteiger partial charge in [0.25, 0.3) is 0 Å². The second kappa shape index (κ2) is 7.52. The van der Waals surface area contributed by atoms with E-state index in [9.17, 15) is 14.4 Å². The number of urea groups is 1. The molecule has 0 fully saturated rings. The van der Waals surface area contributed by atoms with Crippen LogP contribution in [0.15, 0.2) is 0 Å². The third-order valence-electron chi connectivity index (χ3n) is 2.36. The number of amides is 2. The Bertz CT molecular complexity index is 317. The maximum Gasteiger partial charge on any atom is 0.326 e. The average molecular weight is 260 g/mol. The Kier molecular flexibility index (Phi) is 6.77. The molecule has 7 nitrogen and oxygen atoms in total. The monoisotopic (exact) mass is 260 g/mol. The first-order valence-corrected chi connectivity index (χ1v) is 5.70. The summed E-state index contributed by atoms with van der Waals surface area (Å²) in [6.45, 7) is 4.51. The number of hydrogen-bond acceptors (Lipinski definition) is 3. The first-order valence-electron chi connectivity index (χ1n) is 5.70. The summed E-state index contributed by atoms with van der Waals surface area (Å²) in [6, 6.07) is -1.99. The Morgan fingerprint density at radius 1 is 1.22 bits per heavy atom. The van der Waals surface area contributed by atoms with Crippen molar-refractivity contribution >= 4 is 18.0 Å². The van der Waals surface area contributed by atoms with Gasteiger partial charge in [-0.15, -0.1) is 0 Å². The molecule has 7 heteroatoms. The van der Waals surface area contributed by atoms with E-state index in [0.717, 1.165) is 6.42 Å². The number of rotatable bonds is 7. The van der Waals surface area contributed by atoms with Crippen molar-refractivity contribution in [3.63, 3.8) is 0 Å². The van der Waals surface area contributed by atoms with Crippen LogP contribution >= 0.6 is 0 Å². The van der Waals surface area contributed by atoms with E-state index in [1.54, 1.807) is 0 Å². The molecule has 0 aromatic heterocycles. The van der Waals surface area contributed by atoms with Gasteiger partial charge in [-0.3, -0.25) is 4.79 Å². The molecule has 3 N–H and O–H groups in total. The summed E-state index contributed by atoms with van der Waals surface area (Å²) in [4.78, 5) is 34.2. The zero-order chi connectivity index (χ0) is 14.3. The molecule has 0 aromatic rings. The SMILES string of the molecule is CC(C)CCN(C)C(=O)N[C@@H](CC(=O)O)C(=O)O. The minimum atomic E-state index is -1.41. The Hall–Kier alpha value is -1.79. The average Bonchev–Trinajstić information content (AvgIpc) is 2.23. The lowest BCUT2D eigenvalue weighted by Gasteiger charge is -2.21. The van der Waals surface area contributed by atoms with Crippen LogP contribution in [0.1, 0.15) is 26.7 Å². The maximum atomic E-state index is 11.6. The van der Waals surface area contributed by atoms with Crippen molar-refractivity contribution < 1.29 is 24.6 Å². The molecule has 0 aromatic carbocycles. The zero-order valence-corrected chi connectivity index (χ0v) is 10.8. The summed E-state index contributed by atoms with van der Waals surface area (Å²) in [7, 11) is 1.54. The predicted molar refractivity (Wildman–Crippen MR) is 64.3 cm³/mol. The minimum absolute atomic E-state index is 0.426. The molecule has 18 heavy (non-hydrogen) atoms. The van der Waals surface area contributed by atoms with Crippen LogP contribution in [0.25, 0.3) is 0 Å². The lowest BCUT2D eigenvalue weighted by atomic mass is 10.1. The lowest BCUT2D eigenvalue weighted by molar-refractivity contribution is -0.145. The van der Waals surface area contributed by atoms with E-state index >= 15 is 0 Å². The summed E-state index contributed by atoms with van der Waals surface area (Å²) < 4.78 is 0. The van der Waals surface area contributed by atoms with Gasteiger partial charge in [-0.2, -0.15) is 0 Å². The molecule has 0 saturated carbocycles. The normalized spacial score (nSPS) is 12.0. The first-order chi connectivity index (χ1) is 8.23. The van der Waals surface area contributed by atoms with Crippen LogP contribution in [0, 0.1) is 5.92 Å². The summed E-state index contributed by atoms with van der Waals surface area (Å²) in [5.74, 6) is -2.20. The lowest BCUT2D eigenvalue weighted by Crippen LogP contribution is -2.47. The molecule has 0 radical (unpaired) electrons. The molecule has 0 saturated heterocycles. The maximum absolute atomic E-state index is 11.6. The number of nitrogens with zero attached hydrogens (tertiary/aromatic N) is 1. The molecule has 0 aliphatic rings. The third-order valence-corrected chi connectivity index (χ3v) is 2.36. The van der Waals surface area contributed by atoms with Crippen molar-refractivity contribution in [2.24, 2.45) is 5.92 Å². The van der Waals surface area contributed by atoms with Crippen molar-refractivity contribution in [1.29, 1.82) is 0 Å². The van der Waals surface area contributed by atoms with Crippen LogP contribution < -0.4 is 5.32 Å². The fourth-order valence-electron chi connectivity index (χ4n) is 1.19. The van der Waals surface area contributed by atoms with E-state index in [0.29, 0.717) is 12.5 Å². The van der Waals surface area contributed by atoms with Crippen LogP contribution in [0.5, 0.6) is 0 Å². The second-order valence-corrected chi connectivity index (χ2v) is 4.54. The van der Waals surface area contributed by atoms with Gasteiger partial charge in [-0.1, -0.05) is 13.8 Å². The fourth-order valence-corrected chi connectivity index (χ4v) is 1.19. The first kappa shape index (κ1) is 16.2. The van der Waals surface area contributed by atoms with E-state index in [1.165, 1.54) is 11.9 Å². The second-order valence-electron chi connectivity index (χ2n) is 4.54. The molecule has 104 valence electrons. The van der Waals surface area contributed by atoms with Gasteiger partial charge in [0.2, 0.25) is 0 Å². The Morgan fingerprint density at radius 3 is 2.17 bits per heavy atom. The van der Waals surface area contributed by atoms with Gasteiger partial charge in [-0.05, 0) is 12.3 Å². The van der Waals surface area contributed by atoms with Crippen molar-refractivity contribution in [3.05, 3.63) is 0 Å². The predicted octanol–water partition coefficient (Wildman–Crippen LogP) is 0.602.